The monoisotopic (exact) mass is 698 g/mol. The maximum absolute atomic E-state index is 13.1. The number of anilines is 1. The highest BCUT2D eigenvalue weighted by Crippen LogP contribution is 2.46. The number of nitrogens with one attached hydrogen (secondary N) is 1. The number of benzene rings is 1. The third-order valence-electron chi connectivity index (χ3n) is 11.0. The minimum atomic E-state index is -4.65. The van der Waals surface area contributed by atoms with Crippen molar-refractivity contribution in [2.24, 2.45) is 5.41 Å². The number of fused-ring (bicyclic) bond motifs is 1. The van der Waals surface area contributed by atoms with Crippen molar-refractivity contribution in [3.8, 4) is 5.75 Å². The molecule has 2 amide bonds. The second-order valence-corrected chi connectivity index (χ2v) is 15.4. The maximum atomic E-state index is 13.1. The molecule has 1 N–H and O–H groups in total. The molecule has 10 nitrogen and oxygen atoms in total. The van der Waals surface area contributed by atoms with Crippen LogP contribution < -0.4 is 10.1 Å². The van der Waals surface area contributed by atoms with Crippen molar-refractivity contribution >= 4 is 28.6 Å². The summed E-state index contributed by atoms with van der Waals surface area (Å²) >= 11 is 0. The van der Waals surface area contributed by atoms with Crippen molar-refractivity contribution in [2.45, 2.75) is 115 Å². The van der Waals surface area contributed by atoms with Gasteiger partial charge in [0.15, 0.2) is 0 Å². The van der Waals surface area contributed by atoms with Crippen LogP contribution in [0.2, 0.25) is 0 Å². The van der Waals surface area contributed by atoms with Gasteiger partial charge in [0, 0.05) is 42.8 Å². The summed E-state index contributed by atoms with van der Waals surface area (Å²) in [5.74, 6) is -0.406. The molecule has 272 valence electrons. The molecular weight excluding hydrogens is 649 g/mol. The number of ether oxygens (including phenoxy) is 2. The molecule has 0 radical (unpaired) electrons. The van der Waals surface area contributed by atoms with Gasteiger partial charge in [0.1, 0.15) is 22.7 Å². The molecule has 1 saturated heterocycles. The van der Waals surface area contributed by atoms with Gasteiger partial charge in [-0.1, -0.05) is 6.07 Å². The summed E-state index contributed by atoms with van der Waals surface area (Å²) < 4.78 is 52.5. The summed E-state index contributed by atoms with van der Waals surface area (Å²) in [6.07, 6.45) is 8.21. The van der Waals surface area contributed by atoms with Crippen LogP contribution in [-0.4, -0.2) is 81.5 Å². The van der Waals surface area contributed by atoms with Crippen LogP contribution in [0.3, 0.4) is 0 Å². The zero-order chi connectivity index (χ0) is 35.8. The number of methoxy groups -OCH3 is 1. The first-order chi connectivity index (χ1) is 23.6. The van der Waals surface area contributed by atoms with Crippen molar-refractivity contribution in [2.75, 3.05) is 32.6 Å². The van der Waals surface area contributed by atoms with Crippen molar-refractivity contribution in [3.05, 3.63) is 47.9 Å². The number of carbonyl (C=O) groups is 2. The third-order valence-corrected chi connectivity index (χ3v) is 11.0. The fraction of sp³-hybridized carbons (Fsp3) is 0.622. The summed E-state index contributed by atoms with van der Waals surface area (Å²) in [7, 11) is 3.76. The lowest BCUT2D eigenvalue weighted by molar-refractivity contribution is -0.141. The van der Waals surface area contributed by atoms with Crippen LogP contribution >= 0.6 is 0 Å². The number of amides is 2. The highest BCUT2D eigenvalue weighted by molar-refractivity contribution is 6.05. The Balaban J connectivity index is 1.02. The van der Waals surface area contributed by atoms with Crippen LogP contribution in [0, 0.1) is 5.41 Å². The molecule has 3 fully saturated rings. The molecular formula is C37H49F3N6O4. The van der Waals surface area contributed by atoms with Crippen molar-refractivity contribution in [1.29, 1.82) is 0 Å². The Morgan fingerprint density at radius 2 is 1.62 bits per heavy atom. The number of nitrogens with zero attached hydrogens (tertiary/aromatic N) is 5. The van der Waals surface area contributed by atoms with E-state index in [2.05, 4.69) is 22.2 Å². The first-order valence-electron chi connectivity index (χ1n) is 17.8. The number of carbonyl (C=O) groups excluding carboxylic acids is 2. The van der Waals surface area contributed by atoms with Gasteiger partial charge < -0.3 is 24.6 Å². The van der Waals surface area contributed by atoms with Gasteiger partial charge in [-0.15, -0.1) is 0 Å². The Morgan fingerprint density at radius 1 is 0.960 bits per heavy atom. The highest BCUT2D eigenvalue weighted by Gasteiger charge is 2.41. The van der Waals surface area contributed by atoms with Crippen LogP contribution in [0.1, 0.15) is 107 Å². The quantitative estimate of drug-likeness (QED) is 0.278. The number of hydrogen-bond acceptors (Lipinski definition) is 7. The fourth-order valence-corrected chi connectivity index (χ4v) is 8.07. The summed E-state index contributed by atoms with van der Waals surface area (Å²) in [6.45, 7) is 7.29. The van der Waals surface area contributed by atoms with Gasteiger partial charge in [-0.05, 0) is 116 Å². The van der Waals surface area contributed by atoms with Gasteiger partial charge in [-0.2, -0.15) is 18.3 Å². The van der Waals surface area contributed by atoms with Crippen LogP contribution in [0.25, 0.3) is 10.9 Å². The van der Waals surface area contributed by atoms with E-state index in [0.717, 1.165) is 69.1 Å². The van der Waals surface area contributed by atoms with Crippen molar-refractivity contribution in [3.63, 3.8) is 0 Å². The molecule has 0 bridgehead atoms. The lowest BCUT2D eigenvalue weighted by Crippen LogP contribution is -2.49. The van der Waals surface area contributed by atoms with Gasteiger partial charge in [0.2, 0.25) is 0 Å². The minimum absolute atomic E-state index is 0.192. The number of piperidine rings is 1. The number of alkyl halides is 3. The Kier molecular flexibility index (Phi) is 10.1. The van der Waals surface area contributed by atoms with Crippen LogP contribution in [0.5, 0.6) is 5.75 Å². The van der Waals surface area contributed by atoms with E-state index in [-0.39, 0.29) is 17.8 Å². The average molecular weight is 699 g/mol. The third kappa shape index (κ3) is 8.03. The SMILES string of the molecule is COc1cc2nn([C@H]3CC[C@H](N(C)C4CCC5(CC4)CCN(C(=O)OC(C)(C)C)CC5)CC3)cc2cc1NC(=O)c1cccc(C(F)(F)F)n1. The zero-order valence-corrected chi connectivity index (χ0v) is 29.7. The molecule has 50 heavy (non-hydrogen) atoms. The van der Waals surface area contributed by atoms with Gasteiger partial charge >= 0.3 is 12.3 Å². The van der Waals surface area contributed by atoms with Gasteiger partial charge in [0.05, 0.1) is 24.4 Å². The molecule has 2 aromatic heterocycles. The molecule has 1 aliphatic heterocycles. The van der Waals surface area contributed by atoms with E-state index >= 15 is 0 Å². The average Bonchev–Trinajstić information content (AvgIpc) is 3.50. The van der Waals surface area contributed by atoms with E-state index in [9.17, 15) is 22.8 Å². The van der Waals surface area contributed by atoms with Crippen LogP contribution in [0.15, 0.2) is 36.5 Å². The zero-order valence-electron chi connectivity index (χ0n) is 29.7. The second kappa shape index (κ2) is 14.0. The summed E-state index contributed by atoms with van der Waals surface area (Å²) in [5.41, 5.74) is -0.554. The predicted octanol–water partition coefficient (Wildman–Crippen LogP) is 8.09. The molecule has 3 aromatic rings. The molecule has 1 spiro atoms. The van der Waals surface area contributed by atoms with E-state index in [0.29, 0.717) is 34.5 Å². The number of rotatable bonds is 6. The van der Waals surface area contributed by atoms with Gasteiger partial charge in [0.25, 0.3) is 5.91 Å². The number of pyridine rings is 1. The smallest absolute Gasteiger partial charge is 0.433 e. The molecule has 2 saturated carbocycles. The number of aromatic nitrogens is 3. The first kappa shape index (κ1) is 35.9. The van der Waals surface area contributed by atoms with E-state index in [4.69, 9.17) is 14.6 Å². The molecule has 3 aliphatic rings. The number of hydrogen-bond donors (Lipinski definition) is 1. The molecule has 6 rings (SSSR count). The van der Waals surface area contributed by atoms with Crippen LogP contribution in [0.4, 0.5) is 23.7 Å². The highest BCUT2D eigenvalue weighted by atomic mass is 19.4. The Labute approximate surface area is 291 Å². The molecule has 3 heterocycles. The topological polar surface area (TPSA) is 102 Å². The molecule has 2 aliphatic carbocycles. The first-order valence-corrected chi connectivity index (χ1v) is 17.8. The second-order valence-electron chi connectivity index (χ2n) is 15.4. The van der Waals surface area contributed by atoms with E-state index in [1.165, 1.54) is 38.9 Å². The normalized spacial score (nSPS) is 21.8. The molecule has 0 atom stereocenters. The lowest BCUT2D eigenvalue weighted by Gasteiger charge is -2.48. The predicted molar refractivity (Wildman–Crippen MR) is 184 cm³/mol. The van der Waals surface area contributed by atoms with Crippen LogP contribution in [-0.2, 0) is 10.9 Å². The van der Waals surface area contributed by atoms with Gasteiger partial charge in [-0.25, -0.2) is 9.78 Å². The van der Waals surface area contributed by atoms with E-state index in [1.54, 1.807) is 12.1 Å². The largest absolute Gasteiger partial charge is 0.494 e. The van der Waals surface area contributed by atoms with E-state index < -0.39 is 23.4 Å². The summed E-state index contributed by atoms with van der Waals surface area (Å²) in [4.78, 5) is 33.4. The van der Waals surface area contributed by atoms with Gasteiger partial charge in [-0.3, -0.25) is 9.48 Å². The Hall–Kier alpha value is -3.87. The lowest BCUT2D eigenvalue weighted by atomic mass is 9.66. The number of likely N-dealkylation sites (tertiary alicyclic amines) is 1. The van der Waals surface area contributed by atoms with E-state index in [1.807, 2.05) is 36.5 Å². The standard InChI is InChI=1S/C37H49F3N6O4/c1-35(2,3)50-34(48)45-19-17-36(18-20-45)15-13-26(14-16-36)44(4)25-9-11-27(12-10-25)46-23-24-21-30(31(49-5)22-29(24)43-46)42-33(47)28-7-6-8-32(41-28)37(38,39)40/h6-8,21-23,25-27H,9-20H2,1-5H3,(H,42,47)/t25-,27-. The fourth-order valence-electron chi connectivity index (χ4n) is 8.07. The molecule has 13 heteroatoms. The summed E-state index contributed by atoms with van der Waals surface area (Å²) in [5, 5.41) is 8.30. The minimum Gasteiger partial charge on any atom is -0.494 e. The van der Waals surface area contributed by atoms with Crippen molar-refractivity contribution < 1.29 is 32.2 Å². The Morgan fingerprint density at radius 3 is 2.24 bits per heavy atom. The van der Waals surface area contributed by atoms with Crippen molar-refractivity contribution in [1.82, 2.24) is 24.6 Å². The summed E-state index contributed by atoms with van der Waals surface area (Å²) in [6, 6.07) is 8.04. The molecule has 1 aromatic carbocycles. The molecule has 0 unspecified atom stereocenters. The number of halogens is 3. The maximum Gasteiger partial charge on any atom is 0.433 e. The Bertz CT molecular complexity index is 1680.